The molecule has 0 bridgehead atoms. The van der Waals surface area contributed by atoms with Crippen molar-refractivity contribution in [3.05, 3.63) is 12.7 Å². The van der Waals surface area contributed by atoms with Crippen molar-refractivity contribution in [3.8, 4) is 0 Å². The van der Waals surface area contributed by atoms with E-state index in [9.17, 15) is 4.79 Å². The van der Waals surface area contributed by atoms with E-state index in [2.05, 4.69) is 6.58 Å². The van der Waals surface area contributed by atoms with Crippen LogP contribution < -0.4 is 0 Å². The molecule has 0 heterocycles. The van der Waals surface area contributed by atoms with E-state index in [1.54, 1.807) is 0 Å². The summed E-state index contributed by atoms with van der Waals surface area (Å²) in [5.41, 5.74) is -0.373. The average Bonchev–Trinajstić information content (AvgIpc) is 2.01. The van der Waals surface area contributed by atoms with Gasteiger partial charge in [0.25, 0.3) is 0 Å². The highest BCUT2D eigenvalue weighted by Gasteiger charge is 2.30. The normalized spacial score (nSPS) is 16.1. The van der Waals surface area contributed by atoms with Crippen LogP contribution in [0.5, 0.6) is 0 Å². The Hall–Kier alpha value is -0.630. The maximum absolute atomic E-state index is 11.3. The van der Waals surface area contributed by atoms with Crippen LogP contribution in [0.2, 0.25) is 0 Å². The van der Waals surface area contributed by atoms with Crippen molar-refractivity contribution in [3.63, 3.8) is 0 Å². The van der Waals surface area contributed by atoms with Crippen molar-refractivity contribution in [1.82, 2.24) is 4.90 Å². The smallest absolute Gasteiger partial charge is 0.174 e. The molecule has 0 N–H and O–H groups in total. The van der Waals surface area contributed by atoms with Gasteiger partial charge in [-0.1, -0.05) is 13.5 Å². The molecule has 0 aliphatic carbocycles. The summed E-state index contributed by atoms with van der Waals surface area (Å²) >= 11 is 0. The Morgan fingerprint density at radius 2 is 2.09 bits per heavy atom. The Morgan fingerprint density at radius 1 is 1.64 bits per heavy atom. The third-order valence-electron chi connectivity index (χ3n) is 2.39. The zero-order valence-electron chi connectivity index (χ0n) is 7.85. The molecule has 0 aliphatic rings. The molecule has 0 fully saturated rings. The van der Waals surface area contributed by atoms with Gasteiger partial charge in [0.05, 0.1) is 5.54 Å². The molecular formula is C9H17NO. The van der Waals surface area contributed by atoms with Crippen molar-refractivity contribution in [1.29, 1.82) is 0 Å². The van der Waals surface area contributed by atoms with Crippen LogP contribution in [0.15, 0.2) is 12.7 Å². The van der Waals surface area contributed by atoms with Crippen LogP contribution in [-0.2, 0) is 4.79 Å². The summed E-state index contributed by atoms with van der Waals surface area (Å²) in [6.07, 6.45) is 2.20. The third-order valence-corrected chi connectivity index (χ3v) is 2.39. The summed E-state index contributed by atoms with van der Waals surface area (Å²) in [4.78, 5) is 13.3. The van der Waals surface area contributed by atoms with Gasteiger partial charge in [-0.25, -0.2) is 0 Å². The molecule has 0 rings (SSSR count). The van der Waals surface area contributed by atoms with Gasteiger partial charge in [0.15, 0.2) is 5.78 Å². The van der Waals surface area contributed by atoms with E-state index >= 15 is 0 Å². The van der Waals surface area contributed by atoms with Gasteiger partial charge in [0, 0.05) is 0 Å². The summed E-state index contributed by atoms with van der Waals surface area (Å²) in [7, 11) is 3.82. The Bertz CT molecular complexity index is 163. The van der Waals surface area contributed by atoms with Crippen LogP contribution in [0, 0.1) is 0 Å². The summed E-state index contributed by atoms with van der Waals surface area (Å²) in [5.74, 6) is 0.0880. The second-order valence-electron chi connectivity index (χ2n) is 3.09. The largest absolute Gasteiger partial charge is 0.297 e. The van der Waals surface area contributed by atoms with Crippen LogP contribution in [0.25, 0.3) is 0 Å². The van der Waals surface area contributed by atoms with Gasteiger partial charge in [0.1, 0.15) is 0 Å². The molecule has 0 aromatic carbocycles. The lowest BCUT2D eigenvalue weighted by molar-refractivity contribution is -0.124. The van der Waals surface area contributed by atoms with E-state index in [4.69, 9.17) is 0 Å². The summed E-state index contributed by atoms with van der Waals surface area (Å²) in [6, 6.07) is 0. The lowest BCUT2D eigenvalue weighted by Gasteiger charge is -2.32. The first-order valence-corrected chi connectivity index (χ1v) is 3.83. The molecule has 64 valence electrons. The van der Waals surface area contributed by atoms with Crippen LogP contribution in [0.4, 0.5) is 0 Å². The summed E-state index contributed by atoms with van der Waals surface area (Å²) in [6.45, 7) is 7.41. The molecule has 2 heteroatoms. The van der Waals surface area contributed by atoms with Crippen LogP contribution in [-0.4, -0.2) is 30.3 Å². The van der Waals surface area contributed by atoms with Crippen LogP contribution >= 0.6 is 0 Å². The third kappa shape index (κ3) is 1.90. The van der Waals surface area contributed by atoms with Gasteiger partial charge in [-0.05, 0) is 33.5 Å². The molecule has 2 nitrogen and oxygen atoms in total. The van der Waals surface area contributed by atoms with Gasteiger partial charge in [-0.15, -0.1) is 0 Å². The molecule has 0 aromatic heterocycles. The predicted molar refractivity (Wildman–Crippen MR) is 47.6 cm³/mol. The Morgan fingerprint density at radius 3 is 2.18 bits per heavy atom. The minimum Gasteiger partial charge on any atom is -0.297 e. The minimum atomic E-state index is -0.373. The predicted octanol–water partition coefficient (Wildman–Crippen LogP) is 1.47. The fourth-order valence-electron chi connectivity index (χ4n) is 0.931. The Labute approximate surface area is 68.9 Å². The zero-order chi connectivity index (χ0) is 9.07. The highest BCUT2D eigenvalue weighted by molar-refractivity contribution is 5.97. The Kier molecular flexibility index (Phi) is 3.46. The van der Waals surface area contributed by atoms with E-state index in [-0.39, 0.29) is 11.3 Å². The molecule has 11 heavy (non-hydrogen) atoms. The molecule has 0 radical (unpaired) electrons. The zero-order valence-corrected chi connectivity index (χ0v) is 7.85. The molecule has 0 amide bonds. The fourth-order valence-corrected chi connectivity index (χ4v) is 0.931. The van der Waals surface area contributed by atoms with Crippen molar-refractivity contribution < 1.29 is 4.79 Å². The number of ketones is 1. The quantitative estimate of drug-likeness (QED) is 0.573. The molecular weight excluding hydrogens is 138 g/mol. The maximum Gasteiger partial charge on any atom is 0.174 e. The number of likely N-dealkylation sites (N-methyl/N-ethyl adjacent to an activating group) is 1. The van der Waals surface area contributed by atoms with Gasteiger partial charge in [-0.2, -0.15) is 0 Å². The van der Waals surface area contributed by atoms with E-state index in [1.165, 1.54) is 6.08 Å². The number of carbonyl (C=O) groups excluding carboxylic acids is 1. The first-order chi connectivity index (χ1) is 4.99. The monoisotopic (exact) mass is 155 g/mol. The molecule has 0 saturated carbocycles. The van der Waals surface area contributed by atoms with Crippen LogP contribution in [0.3, 0.4) is 0 Å². The highest BCUT2D eigenvalue weighted by atomic mass is 16.1. The number of carbonyl (C=O) groups is 1. The molecule has 0 saturated heterocycles. The van der Waals surface area contributed by atoms with Gasteiger partial charge in [0.2, 0.25) is 0 Å². The molecule has 1 unspecified atom stereocenters. The van der Waals surface area contributed by atoms with E-state index in [0.717, 1.165) is 6.42 Å². The fraction of sp³-hybridized carbons (Fsp3) is 0.667. The highest BCUT2D eigenvalue weighted by Crippen LogP contribution is 2.17. The van der Waals surface area contributed by atoms with E-state index in [1.807, 2.05) is 32.8 Å². The SMILES string of the molecule is C=CC(=O)C(C)(CC)N(C)C. The minimum absolute atomic E-state index is 0.0880. The van der Waals surface area contributed by atoms with Crippen molar-refractivity contribution in [2.75, 3.05) is 14.1 Å². The second-order valence-corrected chi connectivity index (χ2v) is 3.09. The standard InChI is InChI=1S/C9H17NO/c1-6-8(11)9(3,7-2)10(4)5/h6H,1,7H2,2-5H3. The van der Waals surface area contributed by atoms with Gasteiger partial charge >= 0.3 is 0 Å². The maximum atomic E-state index is 11.3. The summed E-state index contributed by atoms with van der Waals surface area (Å²) < 4.78 is 0. The molecule has 0 aliphatic heterocycles. The average molecular weight is 155 g/mol. The number of nitrogens with zero attached hydrogens (tertiary/aromatic N) is 1. The van der Waals surface area contributed by atoms with Crippen LogP contribution in [0.1, 0.15) is 20.3 Å². The Balaban J connectivity index is 4.58. The van der Waals surface area contributed by atoms with Gasteiger partial charge in [-0.3, -0.25) is 9.69 Å². The number of rotatable bonds is 4. The van der Waals surface area contributed by atoms with E-state index < -0.39 is 0 Å². The second kappa shape index (κ2) is 3.67. The lowest BCUT2D eigenvalue weighted by Crippen LogP contribution is -2.47. The van der Waals surface area contributed by atoms with Crippen molar-refractivity contribution >= 4 is 5.78 Å². The van der Waals surface area contributed by atoms with Gasteiger partial charge < -0.3 is 0 Å². The van der Waals surface area contributed by atoms with E-state index in [0.29, 0.717) is 0 Å². The summed E-state index contributed by atoms with van der Waals surface area (Å²) in [5, 5.41) is 0. The van der Waals surface area contributed by atoms with Crippen molar-refractivity contribution in [2.45, 2.75) is 25.8 Å². The van der Waals surface area contributed by atoms with Crippen molar-refractivity contribution in [2.24, 2.45) is 0 Å². The lowest BCUT2D eigenvalue weighted by atomic mass is 9.92. The first-order valence-electron chi connectivity index (χ1n) is 3.83. The topological polar surface area (TPSA) is 20.3 Å². The number of hydrogen-bond donors (Lipinski definition) is 0. The first kappa shape index (κ1) is 10.4. The number of hydrogen-bond acceptors (Lipinski definition) is 2. The molecule has 1 atom stereocenters. The molecule has 0 aromatic rings. The molecule has 0 spiro atoms.